The topological polar surface area (TPSA) is 107 Å². The SMILES string of the molecule is NC(=O)OC(=O)CC(=O)O. The van der Waals surface area contributed by atoms with Gasteiger partial charge in [0.1, 0.15) is 6.42 Å². The first kappa shape index (κ1) is 8.41. The molecule has 6 nitrogen and oxygen atoms in total. The zero-order valence-electron chi connectivity index (χ0n) is 4.86. The van der Waals surface area contributed by atoms with Crippen LogP contribution in [0.25, 0.3) is 0 Å². The summed E-state index contributed by atoms with van der Waals surface area (Å²) in [6, 6.07) is 0. The average Bonchev–Trinajstić information content (AvgIpc) is 1.58. The molecule has 0 bridgehead atoms. The second kappa shape index (κ2) is 3.44. The Morgan fingerprint density at radius 1 is 1.40 bits per heavy atom. The molecule has 0 heterocycles. The molecule has 0 saturated heterocycles. The zero-order chi connectivity index (χ0) is 8.15. The first-order valence-electron chi connectivity index (χ1n) is 2.24. The van der Waals surface area contributed by atoms with Gasteiger partial charge in [0.05, 0.1) is 0 Å². The number of amides is 1. The third kappa shape index (κ3) is 4.57. The van der Waals surface area contributed by atoms with E-state index in [2.05, 4.69) is 10.5 Å². The molecule has 0 radical (unpaired) electrons. The van der Waals surface area contributed by atoms with Crippen LogP contribution in [0, 0.1) is 0 Å². The smallest absolute Gasteiger partial charge is 0.412 e. The van der Waals surface area contributed by atoms with Crippen LogP contribution in [-0.2, 0) is 14.3 Å². The summed E-state index contributed by atoms with van der Waals surface area (Å²) in [7, 11) is 0. The first-order chi connectivity index (χ1) is 4.52. The second-order valence-electron chi connectivity index (χ2n) is 1.36. The van der Waals surface area contributed by atoms with Crippen molar-refractivity contribution in [2.24, 2.45) is 5.73 Å². The van der Waals surface area contributed by atoms with Crippen LogP contribution in [0.5, 0.6) is 0 Å². The van der Waals surface area contributed by atoms with Gasteiger partial charge in [-0.25, -0.2) is 4.79 Å². The molecule has 0 rings (SSSR count). The highest BCUT2D eigenvalue weighted by Gasteiger charge is 2.10. The van der Waals surface area contributed by atoms with E-state index in [1.54, 1.807) is 0 Å². The van der Waals surface area contributed by atoms with Crippen molar-refractivity contribution in [2.75, 3.05) is 0 Å². The summed E-state index contributed by atoms with van der Waals surface area (Å²) in [5.74, 6) is -2.54. The molecule has 0 aliphatic carbocycles. The minimum absolute atomic E-state index is 0.858. The molecule has 0 aromatic rings. The van der Waals surface area contributed by atoms with Gasteiger partial charge in [0.2, 0.25) is 0 Å². The maximum atomic E-state index is 10.2. The first-order valence-corrected chi connectivity index (χ1v) is 2.24. The van der Waals surface area contributed by atoms with Crippen molar-refractivity contribution in [3.05, 3.63) is 0 Å². The number of hydrogen-bond donors (Lipinski definition) is 2. The zero-order valence-corrected chi connectivity index (χ0v) is 4.86. The molecule has 0 aromatic carbocycles. The fourth-order valence-corrected chi connectivity index (χ4v) is 0.272. The molecule has 3 N–H and O–H groups in total. The van der Waals surface area contributed by atoms with E-state index in [0.717, 1.165) is 0 Å². The number of carboxylic acid groups (broad SMARTS) is 1. The molecule has 0 spiro atoms. The number of carbonyl (C=O) groups is 3. The summed E-state index contributed by atoms with van der Waals surface area (Å²) in [5.41, 5.74) is 4.39. The van der Waals surface area contributed by atoms with Gasteiger partial charge in [0.15, 0.2) is 0 Å². The van der Waals surface area contributed by atoms with Crippen molar-refractivity contribution >= 4 is 18.0 Å². The van der Waals surface area contributed by atoms with Crippen molar-refractivity contribution in [1.82, 2.24) is 0 Å². The van der Waals surface area contributed by atoms with Gasteiger partial charge in [0, 0.05) is 0 Å². The molecule has 0 fully saturated rings. The third-order valence-corrected chi connectivity index (χ3v) is 0.510. The standard InChI is InChI=1S/C4H5NO5/c5-4(9)10-3(8)1-2(6)7/h1H2,(H2,5,9)(H,6,7). The van der Waals surface area contributed by atoms with Gasteiger partial charge in [-0.1, -0.05) is 0 Å². The van der Waals surface area contributed by atoms with Crippen LogP contribution in [-0.4, -0.2) is 23.1 Å². The van der Waals surface area contributed by atoms with Gasteiger partial charge in [0.25, 0.3) is 0 Å². The Bertz CT molecular complexity index is 156. The molecule has 6 heteroatoms. The van der Waals surface area contributed by atoms with E-state index in [1.165, 1.54) is 0 Å². The quantitative estimate of drug-likeness (QED) is 0.388. The number of aliphatic carboxylic acids is 1. The van der Waals surface area contributed by atoms with Crippen LogP contribution >= 0.6 is 0 Å². The van der Waals surface area contributed by atoms with Crippen LogP contribution < -0.4 is 5.73 Å². The Morgan fingerprint density at radius 2 is 1.90 bits per heavy atom. The Balaban J connectivity index is 3.65. The molecule has 0 aliphatic rings. The molecule has 0 unspecified atom stereocenters. The monoisotopic (exact) mass is 147 g/mol. The molecule has 0 aromatic heterocycles. The lowest BCUT2D eigenvalue weighted by molar-refractivity contribution is -0.147. The summed E-state index contributed by atoms with van der Waals surface area (Å²) < 4.78 is 3.68. The highest BCUT2D eigenvalue weighted by atomic mass is 16.6. The van der Waals surface area contributed by atoms with Gasteiger partial charge in [-0.15, -0.1) is 0 Å². The molecular weight excluding hydrogens is 142 g/mol. The number of esters is 1. The van der Waals surface area contributed by atoms with Crippen LogP contribution in [0.1, 0.15) is 6.42 Å². The van der Waals surface area contributed by atoms with E-state index in [9.17, 15) is 14.4 Å². The molecule has 56 valence electrons. The van der Waals surface area contributed by atoms with E-state index in [4.69, 9.17) is 5.11 Å². The largest absolute Gasteiger partial charge is 0.481 e. The summed E-state index contributed by atoms with van der Waals surface area (Å²) in [6.07, 6.45) is -2.16. The van der Waals surface area contributed by atoms with Gasteiger partial charge in [-0.2, -0.15) is 0 Å². The number of nitrogens with two attached hydrogens (primary N) is 1. The fourth-order valence-electron chi connectivity index (χ4n) is 0.272. The highest BCUT2D eigenvalue weighted by Crippen LogP contribution is 1.84. The molecule has 0 saturated carbocycles. The number of carbonyl (C=O) groups excluding carboxylic acids is 2. The molecule has 1 amide bonds. The van der Waals surface area contributed by atoms with Crippen LogP contribution in [0.15, 0.2) is 0 Å². The minimum atomic E-state index is -1.37. The maximum Gasteiger partial charge on any atom is 0.412 e. The van der Waals surface area contributed by atoms with Crippen molar-refractivity contribution < 1.29 is 24.2 Å². The predicted octanol–water partition coefficient (Wildman–Crippen LogP) is -0.917. The van der Waals surface area contributed by atoms with E-state index < -0.39 is 24.5 Å². The molecular formula is C4H5NO5. The summed E-state index contributed by atoms with van der Waals surface area (Å²) in [4.78, 5) is 29.7. The molecule has 10 heavy (non-hydrogen) atoms. The molecule has 0 atom stereocenters. The Labute approximate surface area is 55.6 Å². The lowest BCUT2D eigenvalue weighted by Gasteiger charge is -1.93. The normalized spacial score (nSPS) is 8.40. The lowest BCUT2D eigenvalue weighted by atomic mass is 10.4. The Hall–Kier alpha value is -1.59. The Morgan fingerprint density at radius 3 is 2.20 bits per heavy atom. The van der Waals surface area contributed by atoms with E-state index in [-0.39, 0.29) is 0 Å². The number of primary amides is 1. The van der Waals surface area contributed by atoms with Crippen LogP contribution in [0.3, 0.4) is 0 Å². The van der Waals surface area contributed by atoms with Crippen LogP contribution in [0.4, 0.5) is 4.79 Å². The van der Waals surface area contributed by atoms with Gasteiger partial charge in [-0.3, -0.25) is 9.59 Å². The van der Waals surface area contributed by atoms with Gasteiger partial charge >= 0.3 is 18.0 Å². The average molecular weight is 147 g/mol. The predicted molar refractivity (Wildman–Crippen MR) is 27.9 cm³/mol. The molecule has 0 aliphatic heterocycles. The van der Waals surface area contributed by atoms with Crippen molar-refractivity contribution in [3.8, 4) is 0 Å². The van der Waals surface area contributed by atoms with E-state index in [0.29, 0.717) is 0 Å². The lowest BCUT2D eigenvalue weighted by Crippen LogP contribution is -2.20. The van der Waals surface area contributed by atoms with E-state index in [1.807, 2.05) is 0 Å². The second-order valence-corrected chi connectivity index (χ2v) is 1.36. The number of carboxylic acids is 1. The minimum Gasteiger partial charge on any atom is -0.481 e. The Kier molecular flexibility index (Phi) is 2.89. The van der Waals surface area contributed by atoms with Crippen LogP contribution in [0.2, 0.25) is 0 Å². The number of hydrogen-bond acceptors (Lipinski definition) is 4. The van der Waals surface area contributed by atoms with Crippen molar-refractivity contribution in [3.63, 3.8) is 0 Å². The van der Waals surface area contributed by atoms with Crippen molar-refractivity contribution in [2.45, 2.75) is 6.42 Å². The summed E-state index contributed by atoms with van der Waals surface area (Å²) in [5, 5.41) is 7.94. The summed E-state index contributed by atoms with van der Waals surface area (Å²) in [6.45, 7) is 0. The fraction of sp³-hybridized carbons (Fsp3) is 0.250. The third-order valence-electron chi connectivity index (χ3n) is 0.510. The highest BCUT2D eigenvalue weighted by molar-refractivity contribution is 5.94. The van der Waals surface area contributed by atoms with Crippen molar-refractivity contribution in [1.29, 1.82) is 0 Å². The summed E-state index contributed by atoms with van der Waals surface area (Å²) >= 11 is 0. The number of rotatable bonds is 2. The van der Waals surface area contributed by atoms with E-state index >= 15 is 0 Å². The maximum absolute atomic E-state index is 10.2. The van der Waals surface area contributed by atoms with Gasteiger partial charge in [-0.05, 0) is 0 Å². The number of ether oxygens (including phenoxy) is 1. The van der Waals surface area contributed by atoms with Gasteiger partial charge < -0.3 is 15.6 Å².